The molecule has 0 radical (unpaired) electrons. The van der Waals surface area contributed by atoms with Gasteiger partial charge in [-0.3, -0.25) is 0 Å². The Hall–Kier alpha value is 0.830. The highest BCUT2D eigenvalue weighted by Gasteiger charge is 2.17. The van der Waals surface area contributed by atoms with Crippen molar-refractivity contribution in [1.82, 2.24) is 0 Å². The lowest BCUT2D eigenvalue weighted by Gasteiger charge is -2.09. The van der Waals surface area contributed by atoms with Crippen LogP contribution in [0.15, 0.2) is 0 Å². The van der Waals surface area contributed by atoms with Crippen molar-refractivity contribution in [3.8, 4) is 0 Å². The summed E-state index contributed by atoms with van der Waals surface area (Å²) in [6.07, 6.45) is 5.71. The van der Waals surface area contributed by atoms with Crippen LogP contribution in [0.3, 0.4) is 0 Å². The first-order chi connectivity index (χ1) is 5.56. The van der Waals surface area contributed by atoms with Gasteiger partial charge in [0.1, 0.15) is 0 Å². The maximum Gasteiger partial charge on any atom is 0.190 e. The Morgan fingerprint density at radius 2 is 1.33 bits per heavy atom. The summed E-state index contributed by atoms with van der Waals surface area (Å²) in [6.45, 7) is 0.282. The Morgan fingerprint density at radius 1 is 0.833 bits per heavy atom. The smallest absolute Gasteiger partial charge is 0.190 e. The maximum absolute atomic E-state index is 8.49. The van der Waals surface area contributed by atoms with E-state index >= 15 is 0 Å². The van der Waals surface area contributed by atoms with Crippen molar-refractivity contribution in [2.45, 2.75) is 42.3 Å². The van der Waals surface area contributed by atoms with E-state index in [4.69, 9.17) is 39.9 Å². The van der Waals surface area contributed by atoms with Gasteiger partial charge in [0.2, 0.25) is 0 Å². The average Bonchev–Trinajstić information content (AvgIpc) is 1.94. The molecular weight excluding hydrogens is 218 g/mol. The van der Waals surface area contributed by atoms with Crippen molar-refractivity contribution in [1.29, 1.82) is 0 Å². The lowest BCUT2D eigenvalue weighted by atomic mass is 10.1. The molecule has 0 atom stereocenters. The van der Waals surface area contributed by atoms with Crippen molar-refractivity contribution in [2.24, 2.45) is 0 Å². The van der Waals surface area contributed by atoms with Crippen LogP contribution >= 0.6 is 34.8 Å². The zero-order chi connectivity index (χ0) is 9.45. The van der Waals surface area contributed by atoms with E-state index in [2.05, 4.69) is 0 Å². The zero-order valence-corrected chi connectivity index (χ0v) is 9.30. The zero-order valence-electron chi connectivity index (χ0n) is 7.03. The van der Waals surface area contributed by atoms with Gasteiger partial charge in [-0.05, 0) is 19.3 Å². The van der Waals surface area contributed by atoms with Crippen molar-refractivity contribution in [3.63, 3.8) is 0 Å². The lowest BCUT2D eigenvalue weighted by molar-refractivity contribution is 0.282. The van der Waals surface area contributed by atoms with Gasteiger partial charge in [0.25, 0.3) is 0 Å². The van der Waals surface area contributed by atoms with Gasteiger partial charge >= 0.3 is 0 Å². The van der Waals surface area contributed by atoms with E-state index in [0.717, 1.165) is 32.1 Å². The van der Waals surface area contributed by atoms with Crippen LogP contribution in [0.5, 0.6) is 0 Å². The van der Waals surface area contributed by atoms with E-state index in [-0.39, 0.29) is 6.61 Å². The van der Waals surface area contributed by atoms with Crippen molar-refractivity contribution in [2.75, 3.05) is 6.61 Å². The van der Waals surface area contributed by atoms with Crippen LogP contribution in [0, 0.1) is 0 Å². The molecule has 0 saturated heterocycles. The molecule has 0 spiro atoms. The number of halogens is 3. The van der Waals surface area contributed by atoms with Crippen LogP contribution in [-0.4, -0.2) is 15.5 Å². The highest BCUT2D eigenvalue weighted by molar-refractivity contribution is 6.67. The minimum absolute atomic E-state index is 0.282. The summed E-state index contributed by atoms with van der Waals surface area (Å²) in [5.74, 6) is 0. The third-order valence-corrected chi connectivity index (χ3v) is 2.19. The van der Waals surface area contributed by atoms with Gasteiger partial charge in [-0.25, -0.2) is 0 Å². The van der Waals surface area contributed by atoms with Crippen LogP contribution in [-0.2, 0) is 0 Å². The molecule has 0 aromatic heterocycles. The van der Waals surface area contributed by atoms with Gasteiger partial charge in [-0.2, -0.15) is 0 Å². The number of hydrogen-bond donors (Lipinski definition) is 1. The molecule has 0 aliphatic rings. The van der Waals surface area contributed by atoms with Gasteiger partial charge in [-0.15, -0.1) is 0 Å². The van der Waals surface area contributed by atoms with E-state index in [1.165, 1.54) is 0 Å². The third-order valence-electron chi connectivity index (χ3n) is 1.62. The summed E-state index contributed by atoms with van der Waals surface area (Å²) >= 11 is 16.7. The summed E-state index contributed by atoms with van der Waals surface area (Å²) < 4.78 is -1.09. The lowest BCUT2D eigenvalue weighted by Crippen LogP contribution is -2.00. The van der Waals surface area contributed by atoms with Crippen LogP contribution in [0.4, 0.5) is 0 Å². The standard InChI is InChI=1S/C8H15Cl3O/c9-8(10,11)6-4-2-1-3-5-7-12/h12H,1-7H2. The molecule has 0 aromatic rings. The first-order valence-electron chi connectivity index (χ1n) is 4.24. The molecule has 0 unspecified atom stereocenters. The second-order valence-electron chi connectivity index (χ2n) is 2.86. The van der Waals surface area contributed by atoms with Gasteiger partial charge in [0.05, 0.1) is 0 Å². The van der Waals surface area contributed by atoms with Gasteiger partial charge in [0, 0.05) is 6.61 Å². The minimum Gasteiger partial charge on any atom is -0.396 e. The van der Waals surface area contributed by atoms with Crippen molar-refractivity contribution in [3.05, 3.63) is 0 Å². The molecular formula is C8H15Cl3O. The maximum atomic E-state index is 8.49. The molecule has 0 heterocycles. The normalized spacial score (nSPS) is 12.0. The molecule has 4 heteroatoms. The van der Waals surface area contributed by atoms with Crippen molar-refractivity contribution >= 4 is 34.8 Å². The fourth-order valence-corrected chi connectivity index (χ4v) is 1.37. The quantitative estimate of drug-likeness (QED) is 0.548. The number of aliphatic hydroxyl groups is 1. The monoisotopic (exact) mass is 232 g/mol. The summed E-state index contributed by atoms with van der Waals surface area (Å²) in [7, 11) is 0. The Morgan fingerprint density at radius 3 is 1.83 bits per heavy atom. The van der Waals surface area contributed by atoms with Crippen LogP contribution in [0.25, 0.3) is 0 Å². The SMILES string of the molecule is OCCCCCCCC(Cl)(Cl)Cl. The highest BCUT2D eigenvalue weighted by atomic mass is 35.6. The molecule has 0 aliphatic carbocycles. The number of hydrogen-bond acceptors (Lipinski definition) is 1. The molecule has 0 amide bonds. The predicted molar refractivity (Wildman–Crippen MR) is 55.1 cm³/mol. The molecule has 0 bridgehead atoms. The molecule has 74 valence electrons. The Labute approximate surface area is 89.0 Å². The molecule has 0 aromatic carbocycles. The Balaban J connectivity index is 3.01. The van der Waals surface area contributed by atoms with E-state index in [9.17, 15) is 0 Å². The fourth-order valence-electron chi connectivity index (χ4n) is 0.968. The molecule has 0 fully saturated rings. The first-order valence-corrected chi connectivity index (χ1v) is 5.37. The molecule has 0 rings (SSSR count). The van der Waals surface area contributed by atoms with Crippen LogP contribution in [0.2, 0.25) is 0 Å². The summed E-state index contributed by atoms with van der Waals surface area (Å²) in [5, 5.41) is 8.49. The number of unbranched alkanes of at least 4 members (excludes halogenated alkanes) is 4. The molecule has 1 N–H and O–H groups in total. The Kier molecular flexibility index (Phi) is 7.76. The molecule has 12 heavy (non-hydrogen) atoms. The Bertz CT molecular complexity index is 101. The summed E-state index contributed by atoms with van der Waals surface area (Å²) in [6, 6.07) is 0. The van der Waals surface area contributed by atoms with E-state index < -0.39 is 3.79 Å². The summed E-state index contributed by atoms with van der Waals surface area (Å²) in [4.78, 5) is 0. The average molecular weight is 234 g/mol. The highest BCUT2D eigenvalue weighted by Crippen LogP contribution is 2.32. The van der Waals surface area contributed by atoms with Gasteiger partial charge < -0.3 is 5.11 Å². The molecule has 0 aliphatic heterocycles. The van der Waals surface area contributed by atoms with Gasteiger partial charge in [0.15, 0.2) is 3.79 Å². The molecule has 1 nitrogen and oxygen atoms in total. The van der Waals surface area contributed by atoms with Crippen LogP contribution < -0.4 is 0 Å². The number of aliphatic hydroxyl groups excluding tert-OH is 1. The molecule has 0 saturated carbocycles. The van der Waals surface area contributed by atoms with E-state index in [1.54, 1.807) is 0 Å². The first kappa shape index (κ1) is 12.8. The number of rotatable bonds is 6. The fraction of sp³-hybridized carbons (Fsp3) is 1.00. The van der Waals surface area contributed by atoms with Crippen molar-refractivity contribution < 1.29 is 5.11 Å². The van der Waals surface area contributed by atoms with Gasteiger partial charge in [-0.1, -0.05) is 54.1 Å². The largest absolute Gasteiger partial charge is 0.396 e. The third kappa shape index (κ3) is 10.8. The minimum atomic E-state index is -1.09. The second kappa shape index (κ2) is 7.25. The summed E-state index contributed by atoms with van der Waals surface area (Å²) in [5.41, 5.74) is 0. The predicted octanol–water partition coefficient (Wildman–Crippen LogP) is 3.69. The van der Waals surface area contributed by atoms with E-state index in [1.807, 2.05) is 0 Å². The second-order valence-corrected chi connectivity index (χ2v) is 5.37. The van der Waals surface area contributed by atoms with E-state index in [0.29, 0.717) is 6.42 Å². The topological polar surface area (TPSA) is 20.2 Å². The number of alkyl halides is 3. The van der Waals surface area contributed by atoms with Crippen LogP contribution in [0.1, 0.15) is 38.5 Å².